The molecule has 0 atom stereocenters. The van der Waals surface area contributed by atoms with Crippen LogP contribution in [0.5, 0.6) is 0 Å². The summed E-state index contributed by atoms with van der Waals surface area (Å²) in [4.78, 5) is 15.2. The van der Waals surface area contributed by atoms with Gasteiger partial charge in [-0.25, -0.2) is 0 Å². The minimum absolute atomic E-state index is 0.166. The zero-order valence-electron chi connectivity index (χ0n) is 8.36. The van der Waals surface area contributed by atoms with Crippen molar-refractivity contribution < 1.29 is 9.90 Å². The van der Waals surface area contributed by atoms with Gasteiger partial charge >= 0.3 is 0 Å². The topological polar surface area (TPSA) is 43.8 Å². The molecule has 13 heavy (non-hydrogen) atoms. The number of carbonyl (C=O) groups is 1. The van der Waals surface area contributed by atoms with E-state index in [1.807, 2.05) is 14.0 Å². The summed E-state index contributed by atoms with van der Waals surface area (Å²) >= 11 is 0. The van der Waals surface area contributed by atoms with Gasteiger partial charge in [-0.3, -0.25) is 9.69 Å². The lowest BCUT2D eigenvalue weighted by Gasteiger charge is -2.38. The highest BCUT2D eigenvalue weighted by molar-refractivity contribution is 5.78. The van der Waals surface area contributed by atoms with E-state index in [2.05, 4.69) is 4.90 Å². The number of nitrogens with zero attached hydrogens (tertiary/aromatic N) is 2. The number of hydrogen-bond acceptors (Lipinski definition) is 3. The smallest absolute Gasteiger partial charge is 0.236 e. The first-order valence-electron chi connectivity index (χ1n) is 4.74. The summed E-state index contributed by atoms with van der Waals surface area (Å²) in [7, 11) is 1.81. The van der Waals surface area contributed by atoms with Crippen molar-refractivity contribution in [2.24, 2.45) is 5.92 Å². The van der Waals surface area contributed by atoms with Crippen LogP contribution in [-0.2, 0) is 4.79 Å². The summed E-state index contributed by atoms with van der Waals surface area (Å²) in [6.45, 7) is 5.19. The lowest BCUT2D eigenvalue weighted by molar-refractivity contribution is -0.132. The summed E-state index contributed by atoms with van der Waals surface area (Å²) < 4.78 is 0. The Morgan fingerprint density at radius 1 is 1.62 bits per heavy atom. The van der Waals surface area contributed by atoms with E-state index in [0.29, 0.717) is 12.5 Å². The van der Waals surface area contributed by atoms with Gasteiger partial charge < -0.3 is 10.0 Å². The average Bonchev–Trinajstić information content (AvgIpc) is 2.08. The Kier molecular flexibility index (Phi) is 3.69. The Morgan fingerprint density at radius 2 is 2.23 bits per heavy atom. The third-order valence-electron chi connectivity index (χ3n) is 2.55. The maximum Gasteiger partial charge on any atom is 0.236 e. The van der Waals surface area contributed by atoms with Gasteiger partial charge in [-0.2, -0.15) is 0 Å². The summed E-state index contributed by atoms with van der Waals surface area (Å²) in [5.41, 5.74) is 0. The Hall–Kier alpha value is -0.610. The van der Waals surface area contributed by atoms with E-state index >= 15 is 0 Å². The van der Waals surface area contributed by atoms with E-state index in [9.17, 15) is 4.79 Å². The fourth-order valence-electron chi connectivity index (χ4n) is 1.41. The van der Waals surface area contributed by atoms with Crippen molar-refractivity contribution in [3.63, 3.8) is 0 Å². The zero-order chi connectivity index (χ0) is 9.84. The third kappa shape index (κ3) is 2.67. The van der Waals surface area contributed by atoms with Crippen molar-refractivity contribution in [1.82, 2.24) is 9.80 Å². The van der Waals surface area contributed by atoms with Crippen molar-refractivity contribution in [2.45, 2.75) is 6.92 Å². The van der Waals surface area contributed by atoms with Gasteiger partial charge in [0.15, 0.2) is 0 Å². The molecule has 76 valence electrons. The van der Waals surface area contributed by atoms with E-state index < -0.39 is 0 Å². The van der Waals surface area contributed by atoms with E-state index in [-0.39, 0.29) is 12.5 Å². The first-order chi connectivity index (χ1) is 6.17. The minimum atomic E-state index is 0.166. The molecular formula is C9H18N2O2. The molecule has 0 saturated carbocycles. The molecule has 1 aliphatic rings. The van der Waals surface area contributed by atoms with Gasteiger partial charge in [0, 0.05) is 39.2 Å². The average molecular weight is 186 g/mol. The highest BCUT2D eigenvalue weighted by atomic mass is 16.3. The minimum Gasteiger partial charge on any atom is -0.396 e. The lowest BCUT2D eigenvalue weighted by Crippen LogP contribution is -2.52. The number of likely N-dealkylation sites (tertiary alicyclic amines) is 1. The molecule has 0 aromatic rings. The molecule has 0 bridgehead atoms. The summed E-state index contributed by atoms with van der Waals surface area (Å²) in [5.74, 6) is 0.554. The summed E-state index contributed by atoms with van der Waals surface area (Å²) in [6.07, 6.45) is 0. The van der Waals surface area contributed by atoms with Crippen LogP contribution in [0, 0.1) is 5.92 Å². The van der Waals surface area contributed by atoms with Gasteiger partial charge in [-0.05, 0) is 6.92 Å². The fraction of sp³-hybridized carbons (Fsp3) is 0.889. The fourth-order valence-corrected chi connectivity index (χ4v) is 1.41. The number of carbonyl (C=O) groups excluding carboxylic acids is 1. The van der Waals surface area contributed by atoms with E-state index in [1.165, 1.54) is 0 Å². The molecule has 1 rings (SSSR count). The maximum absolute atomic E-state index is 11.4. The maximum atomic E-state index is 11.4. The van der Waals surface area contributed by atoms with E-state index in [1.54, 1.807) is 4.90 Å². The first-order valence-corrected chi connectivity index (χ1v) is 4.74. The predicted molar refractivity (Wildman–Crippen MR) is 50.3 cm³/mol. The van der Waals surface area contributed by atoms with E-state index in [0.717, 1.165) is 19.6 Å². The molecule has 0 aliphatic carbocycles. The zero-order valence-corrected chi connectivity index (χ0v) is 8.36. The Morgan fingerprint density at radius 3 is 2.69 bits per heavy atom. The van der Waals surface area contributed by atoms with Gasteiger partial charge in [-0.15, -0.1) is 0 Å². The molecule has 4 nitrogen and oxygen atoms in total. The standard InChI is InChI=1S/C9H18N2O2/c1-3-10(2)9(13)6-11-4-8(5-11)7-12/h8,12H,3-7H2,1-2H3. The molecule has 1 heterocycles. The Bertz CT molecular complexity index is 178. The van der Waals surface area contributed by atoms with Crippen LogP contribution in [0.15, 0.2) is 0 Å². The number of aliphatic hydroxyl groups excluding tert-OH is 1. The van der Waals surface area contributed by atoms with Gasteiger partial charge in [-0.1, -0.05) is 0 Å². The quantitative estimate of drug-likeness (QED) is 0.637. The van der Waals surface area contributed by atoms with Crippen LogP contribution in [0.3, 0.4) is 0 Å². The Labute approximate surface area is 79.1 Å². The molecule has 1 amide bonds. The molecule has 1 fully saturated rings. The SMILES string of the molecule is CCN(C)C(=O)CN1CC(CO)C1. The molecule has 0 aromatic carbocycles. The largest absolute Gasteiger partial charge is 0.396 e. The van der Waals surface area contributed by atoms with Crippen LogP contribution in [0.4, 0.5) is 0 Å². The van der Waals surface area contributed by atoms with Crippen LogP contribution >= 0.6 is 0 Å². The molecule has 4 heteroatoms. The van der Waals surface area contributed by atoms with Crippen molar-refractivity contribution in [3.05, 3.63) is 0 Å². The van der Waals surface area contributed by atoms with Gasteiger partial charge in [0.1, 0.15) is 0 Å². The lowest BCUT2D eigenvalue weighted by atomic mass is 10.0. The van der Waals surface area contributed by atoms with Gasteiger partial charge in [0.2, 0.25) is 5.91 Å². The van der Waals surface area contributed by atoms with Gasteiger partial charge in [0.25, 0.3) is 0 Å². The summed E-state index contributed by atoms with van der Waals surface area (Å²) in [6, 6.07) is 0. The number of rotatable bonds is 4. The number of aliphatic hydroxyl groups is 1. The first kappa shape index (κ1) is 10.5. The normalized spacial score (nSPS) is 18.4. The van der Waals surface area contributed by atoms with Crippen molar-refractivity contribution >= 4 is 5.91 Å². The molecule has 1 N–H and O–H groups in total. The van der Waals surface area contributed by atoms with Crippen LogP contribution in [0.2, 0.25) is 0 Å². The van der Waals surface area contributed by atoms with Crippen molar-refractivity contribution in [1.29, 1.82) is 0 Å². The number of likely N-dealkylation sites (N-methyl/N-ethyl adjacent to an activating group) is 1. The highest BCUT2D eigenvalue weighted by Crippen LogP contribution is 2.13. The summed E-state index contributed by atoms with van der Waals surface area (Å²) in [5, 5.41) is 8.77. The molecule has 0 radical (unpaired) electrons. The predicted octanol–water partition coefficient (Wildman–Crippen LogP) is -0.611. The molecule has 0 aromatic heterocycles. The second-order valence-electron chi connectivity index (χ2n) is 3.65. The van der Waals surface area contributed by atoms with Crippen LogP contribution in [0.25, 0.3) is 0 Å². The van der Waals surface area contributed by atoms with Crippen LogP contribution < -0.4 is 0 Å². The van der Waals surface area contributed by atoms with Crippen LogP contribution in [-0.4, -0.2) is 60.6 Å². The van der Waals surface area contributed by atoms with Gasteiger partial charge in [0.05, 0.1) is 6.54 Å². The molecule has 0 spiro atoms. The Balaban J connectivity index is 2.16. The van der Waals surface area contributed by atoms with E-state index in [4.69, 9.17) is 5.11 Å². The van der Waals surface area contributed by atoms with Crippen LogP contribution in [0.1, 0.15) is 6.92 Å². The third-order valence-corrected chi connectivity index (χ3v) is 2.55. The number of amides is 1. The monoisotopic (exact) mass is 186 g/mol. The molecular weight excluding hydrogens is 168 g/mol. The van der Waals surface area contributed by atoms with Crippen molar-refractivity contribution in [3.8, 4) is 0 Å². The molecule has 1 saturated heterocycles. The molecule has 0 unspecified atom stereocenters. The van der Waals surface area contributed by atoms with Crippen molar-refractivity contribution in [2.75, 3.05) is 39.8 Å². The second-order valence-corrected chi connectivity index (χ2v) is 3.65. The highest BCUT2D eigenvalue weighted by Gasteiger charge is 2.27. The number of hydrogen-bond donors (Lipinski definition) is 1. The second kappa shape index (κ2) is 4.58. The molecule has 1 aliphatic heterocycles.